The Morgan fingerprint density at radius 2 is 2.00 bits per heavy atom. The van der Waals surface area contributed by atoms with E-state index in [4.69, 9.17) is 0 Å². The molecule has 106 valence electrons. The number of likely N-dealkylation sites (N-methyl/N-ethyl adjacent to an activating group) is 1. The molecule has 3 heteroatoms. The molecule has 1 aliphatic rings. The van der Waals surface area contributed by atoms with E-state index < -0.39 is 0 Å². The Labute approximate surface area is 113 Å². The molecule has 3 nitrogen and oxygen atoms in total. The molecule has 1 rings (SSSR count). The van der Waals surface area contributed by atoms with Crippen LogP contribution in [0.4, 0.5) is 0 Å². The van der Waals surface area contributed by atoms with Gasteiger partial charge in [0.15, 0.2) is 0 Å². The molecule has 0 spiro atoms. The summed E-state index contributed by atoms with van der Waals surface area (Å²) in [4.78, 5) is 4.86. The third-order valence-corrected chi connectivity index (χ3v) is 3.66. The summed E-state index contributed by atoms with van der Waals surface area (Å²) >= 11 is 0. The molecule has 1 aliphatic heterocycles. The quantitative estimate of drug-likeness (QED) is 0.698. The predicted octanol–water partition coefficient (Wildman–Crippen LogP) is 1.81. The highest BCUT2D eigenvalue weighted by atomic mass is 15.1. The lowest BCUT2D eigenvalue weighted by atomic mass is 9.96. The van der Waals surface area contributed by atoms with Crippen LogP contribution >= 0.6 is 0 Å². The molecule has 0 aliphatic carbocycles. The molecule has 0 aromatic carbocycles. The number of hydrogen-bond donors (Lipinski definition) is 1. The number of nitrogens with zero attached hydrogens (tertiary/aromatic N) is 2. The fraction of sp³-hybridized carbons (Fsp3) is 0.867. The van der Waals surface area contributed by atoms with Crippen molar-refractivity contribution in [2.75, 3.05) is 46.8 Å². The highest BCUT2D eigenvalue weighted by Crippen LogP contribution is 2.16. The lowest BCUT2D eigenvalue weighted by Crippen LogP contribution is -2.37. The molecule has 18 heavy (non-hydrogen) atoms. The fourth-order valence-corrected chi connectivity index (χ4v) is 2.54. The molecule has 0 atom stereocenters. The van der Waals surface area contributed by atoms with Gasteiger partial charge in [0.1, 0.15) is 0 Å². The molecule has 1 N–H and O–H groups in total. The van der Waals surface area contributed by atoms with Crippen LogP contribution in [0.15, 0.2) is 12.2 Å². The molecule has 0 unspecified atom stereocenters. The second-order valence-corrected chi connectivity index (χ2v) is 6.23. The summed E-state index contributed by atoms with van der Waals surface area (Å²) < 4.78 is 0. The third kappa shape index (κ3) is 6.53. The molecule has 0 bridgehead atoms. The number of rotatable bonds is 7. The van der Waals surface area contributed by atoms with Crippen LogP contribution in [-0.2, 0) is 0 Å². The van der Waals surface area contributed by atoms with E-state index in [-0.39, 0.29) is 0 Å². The Hall–Kier alpha value is -0.380. The number of nitrogens with one attached hydrogen (secondary N) is 1. The van der Waals surface area contributed by atoms with Gasteiger partial charge >= 0.3 is 0 Å². The average molecular weight is 253 g/mol. The summed E-state index contributed by atoms with van der Waals surface area (Å²) in [6, 6.07) is 0.543. The van der Waals surface area contributed by atoms with E-state index in [2.05, 4.69) is 49.6 Å². The zero-order valence-corrected chi connectivity index (χ0v) is 12.7. The second kappa shape index (κ2) is 7.93. The third-order valence-electron chi connectivity index (χ3n) is 3.66. The zero-order valence-electron chi connectivity index (χ0n) is 12.7. The van der Waals surface area contributed by atoms with E-state index in [1.165, 1.54) is 38.0 Å². The summed E-state index contributed by atoms with van der Waals surface area (Å²) in [6.45, 7) is 14.2. The van der Waals surface area contributed by atoms with Gasteiger partial charge in [-0.25, -0.2) is 0 Å². The summed E-state index contributed by atoms with van der Waals surface area (Å²) in [7, 11) is 4.44. The highest BCUT2D eigenvalue weighted by molar-refractivity contribution is 4.99. The van der Waals surface area contributed by atoms with Crippen molar-refractivity contribution in [1.82, 2.24) is 15.1 Å². The largest absolute Gasteiger partial charge is 0.311 e. The summed E-state index contributed by atoms with van der Waals surface area (Å²) in [6.07, 6.45) is 2.69. The molecule has 0 radical (unpaired) electrons. The van der Waals surface area contributed by atoms with Crippen LogP contribution in [0.3, 0.4) is 0 Å². The van der Waals surface area contributed by atoms with E-state index in [1.807, 2.05) is 0 Å². The van der Waals surface area contributed by atoms with Crippen LogP contribution < -0.4 is 5.32 Å². The topological polar surface area (TPSA) is 18.5 Å². The molecule has 1 heterocycles. The first kappa shape index (κ1) is 15.7. The Balaban J connectivity index is 2.16. The van der Waals surface area contributed by atoms with Crippen molar-refractivity contribution in [2.45, 2.75) is 32.7 Å². The van der Waals surface area contributed by atoms with Crippen molar-refractivity contribution in [3.63, 3.8) is 0 Å². The van der Waals surface area contributed by atoms with Crippen LogP contribution in [-0.4, -0.2) is 62.7 Å². The van der Waals surface area contributed by atoms with Gasteiger partial charge in [0, 0.05) is 25.7 Å². The van der Waals surface area contributed by atoms with Crippen molar-refractivity contribution >= 4 is 0 Å². The summed E-state index contributed by atoms with van der Waals surface area (Å²) in [5.74, 6) is 0.872. The van der Waals surface area contributed by atoms with E-state index in [0.29, 0.717) is 6.04 Å². The zero-order chi connectivity index (χ0) is 13.5. The number of likely N-dealkylation sites (tertiary alicyclic amines) is 1. The normalized spacial score (nSPS) is 18.8. The van der Waals surface area contributed by atoms with Crippen molar-refractivity contribution < 1.29 is 0 Å². The fourth-order valence-electron chi connectivity index (χ4n) is 2.54. The van der Waals surface area contributed by atoms with Crippen molar-refractivity contribution in [2.24, 2.45) is 5.92 Å². The van der Waals surface area contributed by atoms with Gasteiger partial charge < -0.3 is 15.1 Å². The average Bonchev–Trinajstić information content (AvgIpc) is 2.29. The van der Waals surface area contributed by atoms with Crippen LogP contribution in [0.1, 0.15) is 26.7 Å². The van der Waals surface area contributed by atoms with Gasteiger partial charge in [0.25, 0.3) is 0 Å². The maximum Gasteiger partial charge on any atom is 0.0199 e. The van der Waals surface area contributed by atoms with Gasteiger partial charge in [0.05, 0.1) is 0 Å². The van der Waals surface area contributed by atoms with E-state index in [9.17, 15) is 0 Å². The van der Waals surface area contributed by atoms with Gasteiger partial charge in [-0.1, -0.05) is 20.4 Å². The number of piperidine rings is 1. The minimum atomic E-state index is 0.543. The van der Waals surface area contributed by atoms with Gasteiger partial charge in [0.2, 0.25) is 0 Å². The molecule has 1 fully saturated rings. The Bertz CT molecular complexity index is 242. The lowest BCUT2D eigenvalue weighted by Gasteiger charge is -2.32. The van der Waals surface area contributed by atoms with E-state index in [1.54, 1.807) is 0 Å². The Morgan fingerprint density at radius 1 is 1.39 bits per heavy atom. The maximum absolute atomic E-state index is 4.16. The molecule has 1 saturated heterocycles. The molecule has 0 aromatic heterocycles. The maximum atomic E-state index is 4.16. The first-order valence-corrected chi connectivity index (χ1v) is 7.24. The van der Waals surface area contributed by atoms with Gasteiger partial charge in [-0.3, -0.25) is 0 Å². The minimum Gasteiger partial charge on any atom is -0.311 e. The molecule has 0 aromatic rings. The first-order valence-electron chi connectivity index (χ1n) is 7.24. The van der Waals surface area contributed by atoms with Crippen molar-refractivity contribution in [3.05, 3.63) is 12.2 Å². The Morgan fingerprint density at radius 3 is 2.56 bits per heavy atom. The van der Waals surface area contributed by atoms with Crippen molar-refractivity contribution in [1.29, 1.82) is 0 Å². The van der Waals surface area contributed by atoms with Crippen LogP contribution in [0.2, 0.25) is 0 Å². The second-order valence-electron chi connectivity index (χ2n) is 6.23. The molecular weight excluding hydrogens is 222 g/mol. The van der Waals surface area contributed by atoms with Gasteiger partial charge in [-0.2, -0.15) is 0 Å². The standard InChI is InChI=1S/C15H31N3/c1-13(2)16-10-14(3)11-18(5)12-15-6-8-17(4)9-7-15/h13,15-16H,3,6-12H2,1-2,4-5H3. The Kier molecular flexibility index (Phi) is 6.90. The van der Waals surface area contributed by atoms with Crippen molar-refractivity contribution in [3.8, 4) is 0 Å². The smallest absolute Gasteiger partial charge is 0.0199 e. The predicted molar refractivity (Wildman–Crippen MR) is 80.0 cm³/mol. The summed E-state index contributed by atoms with van der Waals surface area (Å²) in [5.41, 5.74) is 1.29. The first-order chi connectivity index (χ1) is 8.47. The minimum absolute atomic E-state index is 0.543. The highest BCUT2D eigenvalue weighted by Gasteiger charge is 2.18. The van der Waals surface area contributed by atoms with Gasteiger partial charge in [-0.05, 0) is 51.5 Å². The monoisotopic (exact) mass is 253 g/mol. The SMILES string of the molecule is C=C(CNC(C)C)CN(C)CC1CCN(C)CC1. The molecule has 0 saturated carbocycles. The van der Waals surface area contributed by atoms with Gasteiger partial charge in [-0.15, -0.1) is 0 Å². The van der Waals surface area contributed by atoms with Crippen LogP contribution in [0.5, 0.6) is 0 Å². The van der Waals surface area contributed by atoms with Crippen LogP contribution in [0, 0.1) is 5.92 Å². The summed E-state index contributed by atoms with van der Waals surface area (Å²) in [5, 5.41) is 3.43. The van der Waals surface area contributed by atoms with E-state index >= 15 is 0 Å². The van der Waals surface area contributed by atoms with Crippen LogP contribution in [0.25, 0.3) is 0 Å². The van der Waals surface area contributed by atoms with E-state index in [0.717, 1.165) is 19.0 Å². The molecular formula is C15H31N3. The molecule has 0 amide bonds. The number of hydrogen-bond acceptors (Lipinski definition) is 3. The lowest BCUT2D eigenvalue weighted by molar-refractivity contribution is 0.181.